The predicted molar refractivity (Wildman–Crippen MR) is 100 cm³/mol. The van der Waals surface area contributed by atoms with Gasteiger partial charge in [0.05, 0.1) is 12.6 Å². The third kappa shape index (κ3) is 7.77. The SMILES string of the molecule is CCOC(=O)/C=C/[C@@](O)([C@H](Cc1ccccc1)NC(=O)OC(C)(C)C)C(F)(F)F. The number of carbonyl (C=O) groups excluding carboxylic acids is 2. The number of nitrogens with one attached hydrogen (secondary N) is 1. The zero-order valence-corrected chi connectivity index (χ0v) is 16.7. The van der Waals surface area contributed by atoms with Gasteiger partial charge in [-0.25, -0.2) is 9.59 Å². The average molecular weight is 417 g/mol. The molecule has 162 valence electrons. The van der Waals surface area contributed by atoms with E-state index in [2.05, 4.69) is 10.1 Å². The first-order valence-corrected chi connectivity index (χ1v) is 8.97. The summed E-state index contributed by atoms with van der Waals surface area (Å²) in [6, 6.07) is 6.13. The Hall–Kier alpha value is -2.55. The quantitative estimate of drug-likeness (QED) is 0.524. The van der Waals surface area contributed by atoms with Crippen molar-refractivity contribution in [2.24, 2.45) is 0 Å². The van der Waals surface area contributed by atoms with E-state index in [0.29, 0.717) is 11.6 Å². The molecule has 1 aromatic rings. The van der Waals surface area contributed by atoms with E-state index >= 15 is 0 Å². The number of benzene rings is 1. The van der Waals surface area contributed by atoms with Gasteiger partial charge in [-0.05, 0) is 45.8 Å². The van der Waals surface area contributed by atoms with Crippen molar-refractivity contribution in [1.82, 2.24) is 5.32 Å². The van der Waals surface area contributed by atoms with E-state index in [-0.39, 0.29) is 19.1 Å². The molecule has 1 rings (SSSR count). The number of alkyl halides is 3. The summed E-state index contributed by atoms with van der Waals surface area (Å²) in [5.74, 6) is -1.05. The van der Waals surface area contributed by atoms with E-state index in [1.165, 1.54) is 6.92 Å². The van der Waals surface area contributed by atoms with Crippen molar-refractivity contribution in [3.05, 3.63) is 48.0 Å². The molecule has 0 saturated carbocycles. The lowest BCUT2D eigenvalue weighted by atomic mass is 9.87. The Kier molecular flexibility index (Phi) is 8.25. The monoisotopic (exact) mass is 417 g/mol. The van der Waals surface area contributed by atoms with Crippen LogP contribution >= 0.6 is 0 Å². The molecule has 0 spiro atoms. The second kappa shape index (κ2) is 9.78. The van der Waals surface area contributed by atoms with Gasteiger partial charge in [-0.1, -0.05) is 30.3 Å². The molecule has 0 unspecified atom stereocenters. The molecular weight excluding hydrogens is 391 g/mol. The van der Waals surface area contributed by atoms with Gasteiger partial charge < -0.3 is 19.9 Å². The molecule has 0 bridgehead atoms. The lowest BCUT2D eigenvalue weighted by Gasteiger charge is -2.36. The minimum absolute atomic E-state index is 0.0444. The van der Waals surface area contributed by atoms with Crippen molar-refractivity contribution in [2.45, 2.75) is 57.5 Å². The van der Waals surface area contributed by atoms with Crippen LogP contribution in [-0.4, -0.2) is 47.2 Å². The smallest absolute Gasteiger partial charge is 0.422 e. The number of aliphatic hydroxyl groups is 1. The highest BCUT2D eigenvalue weighted by molar-refractivity contribution is 5.82. The van der Waals surface area contributed by atoms with Crippen molar-refractivity contribution in [3.8, 4) is 0 Å². The summed E-state index contributed by atoms with van der Waals surface area (Å²) in [7, 11) is 0. The molecule has 0 heterocycles. The molecule has 0 aliphatic rings. The number of ether oxygens (including phenoxy) is 2. The van der Waals surface area contributed by atoms with Gasteiger partial charge in [0, 0.05) is 6.08 Å². The fourth-order valence-corrected chi connectivity index (χ4v) is 2.41. The predicted octanol–water partition coefficient (Wildman–Crippen LogP) is 3.54. The summed E-state index contributed by atoms with van der Waals surface area (Å²) in [5, 5.41) is 12.6. The first-order chi connectivity index (χ1) is 13.3. The molecule has 0 radical (unpaired) electrons. The number of halogens is 3. The van der Waals surface area contributed by atoms with Crippen molar-refractivity contribution in [1.29, 1.82) is 0 Å². The normalized spacial score (nSPS) is 15.4. The summed E-state index contributed by atoms with van der Waals surface area (Å²) in [6.07, 6.45) is -5.93. The van der Waals surface area contributed by atoms with Crippen LogP contribution in [0.3, 0.4) is 0 Å². The highest BCUT2D eigenvalue weighted by atomic mass is 19.4. The molecular formula is C20H26F3NO5. The lowest BCUT2D eigenvalue weighted by Crippen LogP contribution is -2.61. The summed E-state index contributed by atoms with van der Waals surface area (Å²) < 4.78 is 51.1. The Labute approximate surface area is 167 Å². The number of hydrogen-bond donors (Lipinski definition) is 2. The van der Waals surface area contributed by atoms with Crippen LogP contribution in [-0.2, 0) is 20.7 Å². The van der Waals surface area contributed by atoms with Gasteiger partial charge in [0.2, 0.25) is 0 Å². The molecule has 0 aliphatic heterocycles. The van der Waals surface area contributed by atoms with Crippen LogP contribution in [0.15, 0.2) is 42.5 Å². The summed E-state index contributed by atoms with van der Waals surface area (Å²) in [4.78, 5) is 23.7. The molecule has 2 N–H and O–H groups in total. The van der Waals surface area contributed by atoms with E-state index in [4.69, 9.17) is 4.74 Å². The summed E-state index contributed by atoms with van der Waals surface area (Å²) in [6.45, 7) is 6.10. The molecule has 29 heavy (non-hydrogen) atoms. The molecule has 0 saturated heterocycles. The molecule has 2 atom stereocenters. The second-order valence-corrected chi connectivity index (χ2v) is 7.30. The summed E-state index contributed by atoms with van der Waals surface area (Å²) >= 11 is 0. The van der Waals surface area contributed by atoms with Crippen LogP contribution < -0.4 is 5.32 Å². The van der Waals surface area contributed by atoms with E-state index in [1.807, 2.05) is 0 Å². The van der Waals surface area contributed by atoms with Crippen LogP contribution in [0, 0.1) is 0 Å². The minimum atomic E-state index is -5.20. The molecule has 0 fully saturated rings. The van der Waals surface area contributed by atoms with Crippen molar-refractivity contribution in [3.63, 3.8) is 0 Å². The van der Waals surface area contributed by atoms with Crippen LogP contribution in [0.2, 0.25) is 0 Å². The number of carbonyl (C=O) groups is 2. The molecule has 1 amide bonds. The first kappa shape index (κ1) is 24.5. The van der Waals surface area contributed by atoms with Gasteiger partial charge in [-0.3, -0.25) is 0 Å². The topological polar surface area (TPSA) is 84.9 Å². The summed E-state index contributed by atoms with van der Waals surface area (Å²) in [5.41, 5.74) is -4.08. The largest absolute Gasteiger partial charge is 0.463 e. The first-order valence-electron chi connectivity index (χ1n) is 8.97. The molecule has 9 heteroatoms. The van der Waals surface area contributed by atoms with Crippen molar-refractivity contribution in [2.75, 3.05) is 6.61 Å². The number of hydrogen-bond acceptors (Lipinski definition) is 5. The fraction of sp³-hybridized carbons (Fsp3) is 0.500. The average Bonchev–Trinajstić information content (AvgIpc) is 2.57. The maximum absolute atomic E-state index is 13.8. The Morgan fingerprint density at radius 3 is 2.24 bits per heavy atom. The minimum Gasteiger partial charge on any atom is -0.463 e. The highest BCUT2D eigenvalue weighted by Crippen LogP contribution is 2.36. The Bertz CT molecular complexity index is 713. The van der Waals surface area contributed by atoms with Gasteiger partial charge in [-0.15, -0.1) is 0 Å². The van der Waals surface area contributed by atoms with Crippen LogP contribution in [0.25, 0.3) is 0 Å². The van der Waals surface area contributed by atoms with Gasteiger partial charge in [0.1, 0.15) is 5.60 Å². The Morgan fingerprint density at radius 1 is 1.17 bits per heavy atom. The fourth-order valence-electron chi connectivity index (χ4n) is 2.41. The van der Waals surface area contributed by atoms with Crippen LogP contribution in [0.1, 0.15) is 33.3 Å². The molecule has 1 aromatic carbocycles. The molecule has 0 aliphatic carbocycles. The number of alkyl carbamates (subject to hydrolysis) is 1. The zero-order valence-electron chi connectivity index (χ0n) is 16.7. The van der Waals surface area contributed by atoms with E-state index in [1.54, 1.807) is 51.1 Å². The zero-order chi connectivity index (χ0) is 22.3. The van der Waals surface area contributed by atoms with Crippen molar-refractivity contribution >= 4 is 12.1 Å². The third-order valence-electron chi connectivity index (χ3n) is 3.72. The standard InChI is InChI=1S/C20H26F3NO5/c1-5-28-16(25)11-12-19(27,20(21,22)23)15(13-14-9-7-6-8-10-14)24-17(26)29-18(2,3)4/h6-12,15,27H,5,13H2,1-4H3,(H,24,26)/b12-11+/t15-,19+/m0/s1. The Morgan fingerprint density at radius 2 is 1.76 bits per heavy atom. The molecule has 0 aromatic heterocycles. The number of esters is 1. The lowest BCUT2D eigenvalue weighted by molar-refractivity contribution is -0.248. The molecule has 6 nitrogen and oxygen atoms in total. The van der Waals surface area contributed by atoms with Gasteiger partial charge >= 0.3 is 18.2 Å². The highest BCUT2D eigenvalue weighted by Gasteiger charge is 2.57. The third-order valence-corrected chi connectivity index (χ3v) is 3.72. The van der Waals surface area contributed by atoms with Crippen LogP contribution in [0.4, 0.5) is 18.0 Å². The van der Waals surface area contributed by atoms with E-state index < -0.39 is 35.5 Å². The van der Waals surface area contributed by atoms with Gasteiger partial charge in [-0.2, -0.15) is 13.2 Å². The second-order valence-electron chi connectivity index (χ2n) is 7.30. The van der Waals surface area contributed by atoms with E-state index in [0.717, 1.165) is 0 Å². The maximum atomic E-state index is 13.8. The Balaban J connectivity index is 3.30. The number of rotatable bonds is 7. The maximum Gasteiger partial charge on any atom is 0.422 e. The van der Waals surface area contributed by atoms with Gasteiger partial charge in [0.25, 0.3) is 0 Å². The van der Waals surface area contributed by atoms with Gasteiger partial charge in [0.15, 0.2) is 5.60 Å². The van der Waals surface area contributed by atoms with E-state index in [9.17, 15) is 27.9 Å². The number of amides is 1. The van der Waals surface area contributed by atoms with Crippen molar-refractivity contribution < 1.29 is 37.3 Å². The van der Waals surface area contributed by atoms with Crippen LogP contribution in [0.5, 0.6) is 0 Å².